The van der Waals surface area contributed by atoms with Gasteiger partial charge in [0.25, 0.3) is 5.91 Å². The zero-order chi connectivity index (χ0) is 17.6. The maximum absolute atomic E-state index is 12.4. The molecule has 126 valence electrons. The van der Waals surface area contributed by atoms with Gasteiger partial charge in [-0.25, -0.2) is 4.98 Å². The third-order valence-electron chi connectivity index (χ3n) is 3.51. The Balaban J connectivity index is 1.79. The summed E-state index contributed by atoms with van der Waals surface area (Å²) in [6, 6.07) is 17.9. The first-order valence-corrected chi connectivity index (χ1v) is 7.97. The van der Waals surface area contributed by atoms with Crippen LogP contribution in [0.3, 0.4) is 0 Å². The lowest BCUT2D eigenvalue weighted by molar-refractivity contribution is 0.102. The summed E-state index contributed by atoms with van der Waals surface area (Å²) in [5, 5.41) is 6.42. The molecule has 0 aliphatic carbocycles. The van der Waals surface area contributed by atoms with Crippen LogP contribution in [0.1, 0.15) is 10.4 Å². The van der Waals surface area contributed by atoms with Crippen molar-refractivity contribution in [2.75, 3.05) is 17.7 Å². The zero-order valence-corrected chi connectivity index (χ0v) is 14.2. The van der Waals surface area contributed by atoms with Crippen LogP contribution >= 0.6 is 11.6 Å². The summed E-state index contributed by atoms with van der Waals surface area (Å²) in [7, 11) is 1.60. The number of halogens is 1. The summed E-state index contributed by atoms with van der Waals surface area (Å²) in [6.45, 7) is 0. The molecule has 5 nitrogen and oxygen atoms in total. The Morgan fingerprint density at radius 2 is 1.76 bits per heavy atom. The van der Waals surface area contributed by atoms with Crippen molar-refractivity contribution in [1.82, 2.24) is 4.98 Å². The van der Waals surface area contributed by atoms with Gasteiger partial charge in [0.15, 0.2) is 0 Å². The van der Waals surface area contributed by atoms with Gasteiger partial charge in [-0.3, -0.25) is 4.79 Å². The number of nitrogens with one attached hydrogen (secondary N) is 2. The Morgan fingerprint density at radius 3 is 2.52 bits per heavy atom. The van der Waals surface area contributed by atoms with Crippen molar-refractivity contribution in [3.05, 3.63) is 77.4 Å². The fraction of sp³-hybridized carbons (Fsp3) is 0.0526. The summed E-state index contributed by atoms with van der Waals surface area (Å²) in [5.74, 6) is 0.963. The molecule has 0 atom stereocenters. The van der Waals surface area contributed by atoms with E-state index in [0.29, 0.717) is 27.8 Å². The maximum Gasteiger partial charge on any atom is 0.255 e. The predicted octanol–water partition coefficient (Wildman–Crippen LogP) is 4.74. The number of carbonyl (C=O) groups is 1. The van der Waals surface area contributed by atoms with Crippen LogP contribution in [0.5, 0.6) is 5.75 Å². The molecule has 0 saturated carbocycles. The third kappa shape index (κ3) is 4.08. The summed E-state index contributed by atoms with van der Waals surface area (Å²) in [4.78, 5) is 16.7. The van der Waals surface area contributed by atoms with Crippen molar-refractivity contribution in [2.24, 2.45) is 0 Å². The molecule has 25 heavy (non-hydrogen) atoms. The molecule has 0 radical (unpaired) electrons. The highest BCUT2D eigenvalue weighted by atomic mass is 35.5. The van der Waals surface area contributed by atoms with Crippen LogP contribution < -0.4 is 15.4 Å². The lowest BCUT2D eigenvalue weighted by Gasteiger charge is -2.11. The van der Waals surface area contributed by atoms with Gasteiger partial charge in [-0.2, -0.15) is 0 Å². The molecule has 2 aromatic carbocycles. The van der Waals surface area contributed by atoms with Crippen LogP contribution in [0.15, 0.2) is 66.9 Å². The number of nitrogens with zero attached hydrogens (tertiary/aromatic N) is 1. The molecule has 3 rings (SSSR count). The van der Waals surface area contributed by atoms with Crippen LogP contribution in [0.25, 0.3) is 0 Å². The van der Waals surface area contributed by atoms with Crippen LogP contribution in [0.4, 0.5) is 17.2 Å². The molecule has 1 aromatic heterocycles. The standard InChI is InChI=1S/C19H16ClN3O2/c1-25-17-9-5-4-8-16(17)22-18-12-13(10-11-21-18)19(24)23-15-7-3-2-6-14(15)20/h2-12H,1H3,(H,21,22)(H,23,24). The lowest BCUT2D eigenvalue weighted by atomic mass is 10.2. The first kappa shape index (κ1) is 16.8. The highest BCUT2D eigenvalue weighted by Crippen LogP contribution is 2.26. The summed E-state index contributed by atoms with van der Waals surface area (Å²) < 4.78 is 5.30. The van der Waals surface area contributed by atoms with Gasteiger partial charge >= 0.3 is 0 Å². The van der Waals surface area contributed by atoms with Gasteiger partial charge in [0.05, 0.1) is 23.5 Å². The van der Waals surface area contributed by atoms with Gasteiger partial charge in [-0.05, 0) is 36.4 Å². The number of aromatic nitrogens is 1. The first-order chi connectivity index (χ1) is 12.2. The topological polar surface area (TPSA) is 63.2 Å². The van der Waals surface area contributed by atoms with Crippen molar-refractivity contribution >= 4 is 34.7 Å². The van der Waals surface area contributed by atoms with Crippen LogP contribution in [0, 0.1) is 0 Å². The average Bonchev–Trinajstić information content (AvgIpc) is 2.64. The molecular weight excluding hydrogens is 338 g/mol. The number of pyridine rings is 1. The predicted molar refractivity (Wildman–Crippen MR) is 99.9 cm³/mol. The third-order valence-corrected chi connectivity index (χ3v) is 3.84. The van der Waals surface area contributed by atoms with Gasteiger partial charge < -0.3 is 15.4 Å². The van der Waals surface area contributed by atoms with Crippen LogP contribution in [0.2, 0.25) is 5.02 Å². The first-order valence-electron chi connectivity index (χ1n) is 7.59. The Labute approximate surface area is 150 Å². The molecule has 0 saturated heterocycles. The largest absolute Gasteiger partial charge is 0.495 e. The quantitative estimate of drug-likeness (QED) is 0.695. The molecular formula is C19H16ClN3O2. The minimum atomic E-state index is -0.265. The Morgan fingerprint density at radius 1 is 1.04 bits per heavy atom. The smallest absolute Gasteiger partial charge is 0.255 e. The van der Waals surface area contributed by atoms with E-state index in [1.54, 1.807) is 43.6 Å². The zero-order valence-electron chi connectivity index (χ0n) is 13.5. The van der Waals surface area contributed by atoms with E-state index in [2.05, 4.69) is 15.6 Å². The number of anilines is 3. The monoisotopic (exact) mass is 353 g/mol. The number of ether oxygens (including phenoxy) is 1. The van der Waals surface area contributed by atoms with Gasteiger partial charge in [0.1, 0.15) is 11.6 Å². The summed E-state index contributed by atoms with van der Waals surface area (Å²) >= 11 is 6.07. The van der Waals surface area contributed by atoms with E-state index in [1.807, 2.05) is 30.3 Å². The second kappa shape index (κ2) is 7.68. The highest BCUT2D eigenvalue weighted by Gasteiger charge is 2.10. The minimum Gasteiger partial charge on any atom is -0.495 e. The molecule has 6 heteroatoms. The molecule has 1 heterocycles. The van der Waals surface area contributed by atoms with E-state index in [0.717, 1.165) is 5.69 Å². The van der Waals surface area contributed by atoms with E-state index in [-0.39, 0.29) is 5.91 Å². The normalized spacial score (nSPS) is 10.2. The van der Waals surface area contributed by atoms with Crippen molar-refractivity contribution < 1.29 is 9.53 Å². The molecule has 0 aliphatic rings. The molecule has 3 aromatic rings. The van der Waals surface area contributed by atoms with Crippen molar-refractivity contribution in [2.45, 2.75) is 0 Å². The van der Waals surface area contributed by atoms with E-state index in [4.69, 9.17) is 16.3 Å². The van der Waals surface area contributed by atoms with Crippen molar-refractivity contribution in [3.8, 4) is 5.75 Å². The van der Waals surface area contributed by atoms with Gasteiger partial charge in [-0.1, -0.05) is 35.9 Å². The van der Waals surface area contributed by atoms with E-state index < -0.39 is 0 Å². The second-order valence-corrected chi connectivity index (χ2v) is 5.60. The van der Waals surface area contributed by atoms with E-state index in [1.165, 1.54) is 0 Å². The van der Waals surface area contributed by atoms with E-state index in [9.17, 15) is 4.79 Å². The van der Waals surface area contributed by atoms with E-state index >= 15 is 0 Å². The second-order valence-electron chi connectivity index (χ2n) is 5.19. The fourth-order valence-electron chi connectivity index (χ4n) is 2.28. The number of benzene rings is 2. The van der Waals surface area contributed by atoms with Gasteiger partial charge in [-0.15, -0.1) is 0 Å². The van der Waals surface area contributed by atoms with Crippen LogP contribution in [-0.4, -0.2) is 18.0 Å². The number of hydrogen-bond acceptors (Lipinski definition) is 4. The van der Waals surface area contributed by atoms with Crippen molar-refractivity contribution in [1.29, 1.82) is 0 Å². The summed E-state index contributed by atoms with van der Waals surface area (Å²) in [6.07, 6.45) is 1.57. The SMILES string of the molecule is COc1ccccc1Nc1cc(C(=O)Nc2ccccc2Cl)ccn1. The highest BCUT2D eigenvalue weighted by molar-refractivity contribution is 6.33. The lowest BCUT2D eigenvalue weighted by Crippen LogP contribution is -2.12. The minimum absolute atomic E-state index is 0.265. The molecule has 0 unspecified atom stereocenters. The van der Waals surface area contributed by atoms with Gasteiger partial charge in [0.2, 0.25) is 0 Å². The Kier molecular flexibility index (Phi) is 5.16. The summed E-state index contributed by atoms with van der Waals surface area (Å²) in [5.41, 5.74) is 1.79. The number of methoxy groups -OCH3 is 1. The van der Waals surface area contributed by atoms with Crippen LogP contribution in [-0.2, 0) is 0 Å². The molecule has 0 fully saturated rings. The number of carbonyl (C=O) groups excluding carboxylic acids is 1. The number of hydrogen-bond donors (Lipinski definition) is 2. The Hall–Kier alpha value is -3.05. The average molecular weight is 354 g/mol. The molecule has 2 N–H and O–H groups in total. The molecule has 0 aliphatic heterocycles. The van der Waals surface area contributed by atoms with Crippen molar-refractivity contribution in [3.63, 3.8) is 0 Å². The molecule has 0 spiro atoms. The maximum atomic E-state index is 12.4. The number of para-hydroxylation sites is 3. The fourth-order valence-corrected chi connectivity index (χ4v) is 2.47. The van der Waals surface area contributed by atoms with Gasteiger partial charge in [0, 0.05) is 11.8 Å². The molecule has 0 bridgehead atoms. The Bertz CT molecular complexity index is 899. The number of rotatable bonds is 5. The molecule has 1 amide bonds. The number of amides is 1.